The molecular formula is C18H21N4O4+. The lowest BCUT2D eigenvalue weighted by Gasteiger charge is -2.08. The average Bonchev–Trinajstić information content (AvgIpc) is 2.57. The van der Waals surface area contributed by atoms with E-state index in [9.17, 15) is 14.4 Å². The second-order valence-electron chi connectivity index (χ2n) is 6.42. The summed E-state index contributed by atoms with van der Waals surface area (Å²) in [5, 5.41) is 8.68. The van der Waals surface area contributed by atoms with Gasteiger partial charge >= 0.3 is 17.3 Å². The summed E-state index contributed by atoms with van der Waals surface area (Å²) < 4.78 is 1.91. The van der Waals surface area contributed by atoms with E-state index in [-0.39, 0.29) is 11.9 Å². The van der Waals surface area contributed by atoms with Gasteiger partial charge in [-0.05, 0) is 43.9 Å². The zero-order chi connectivity index (χ0) is 18.7. The van der Waals surface area contributed by atoms with E-state index in [1.807, 2.05) is 29.7 Å². The van der Waals surface area contributed by atoms with Crippen molar-refractivity contribution in [2.24, 2.45) is 0 Å². The third kappa shape index (κ3) is 3.79. The molecule has 26 heavy (non-hydrogen) atoms. The van der Waals surface area contributed by atoms with Crippen molar-refractivity contribution >= 4 is 28.2 Å². The van der Waals surface area contributed by atoms with Gasteiger partial charge < -0.3 is 5.11 Å². The fourth-order valence-corrected chi connectivity index (χ4v) is 3.09. The lowest BCUT2D eigenvalue weighted by molar-refractivity contribution is -0.648. The molecule has 136 valence electrons. The Balaban J connectivity index is 1.96. The Bertz CT molecular complexity index is 1080. The Kier molecular flexibility index (Phi) is 5.11. The summed E-state index contributed by atoms with van der Waals surface area (Å²) in [6, 6.07) is 5.80. The van der Waals surface area contributed by atoms with Gasteiger partial charge in [0.25, 0.3) is 5.56 Å². The molecule has 0 aliphatic carbocycles. The molecule has 0 atom stereocenters. The molecule has 0 aliphatic rings. The highest BCUT2D eigenvalue weighted by atomic mass is 16.4. The average molecular weight is 357 g/mol. The van der Waals surface area contributed by atoms with Crippen molar-refractivity contribution in [1.29, 1.82) is 0 Å². The van der Waals surface area contributed by atoms with Crippen LogP contribution in [0.1, 0.15) is 37.7 Å². The van der Waals surface area contributed by atoms with E-state index in [1.54, 1.807) is 0 Å². The minimum Gasteiger partial charge on any atom is -0.481 e. The van der Waals surface area contributed by atoms with Gasteiger partial charge in [-0.3, -0.25) is 14.6 Å². The number of fused-ring (bicyclic) bond motifs is 2. The van der Waals surface area contributed by atoms with Gasteiger partial charge in [-0.15, -0.1) is 0 Å². The highest BCUT2D eigenvalue weighted by Gasteiger charge is 2.18. The van der Waals surface area contributed by atoms with Gasteiger partial charge in [0.1, 0.15) is 5.52 Å². The Hall–Kier alpha value is -3.03. The molecule has 8 heteroatoms. The van der Waals surface area contributed by atoms with Gasteiger partial charge in [0.15, 0.2) is 5.52 Å². The molecule has 0 bridgehead atoms. The minimum atomic E-state index is -0.780. The van der Waals surface area contributed by atoms with E-state index < -0.39 is 17.2 Å². The summed E-state index contributed by atoms with van der Waals surface area (Å²) in [6.07, 6.45) is 3.32. The predicted octanol–water partition coefficient (Wildman–Crippen LogP) is 1.40. The number of carboxylic acids is 1. The molecule has 0 aliphatic heterocycles. The molecule has 0 saturated heterocycles. The summed E-state index contributed by atoms with van der Waals surface area (Å²) >= 11 is 0. The fourth-order valence-electron chi connectivity index (χ4n) is 3.09. The number of nitrogens with one attached hydrogen (secondary N) is 2. The van der Waals surface area contributed by atoms with Crippen LogP contribution in [-0.2, 0) is 11.3 Å². The summed E-state index contributed by atoms with van der Waals surface area (Å²) in [6.45, 7) is 2.56. The third-order valence-electron chi connectivity index (χ3n) is 4.34. The number of nitrogens with zero attached hydrogens (tertiary/aromatic N) is 2. The predicted molar refractivity (Wildman–Crippen MR) is 96.1 cm³/mol. The summed E-state index contributed by atoms with van der Waals surface area (Å²) in [7, 11) is 0. The van der Waals surface area contributed by atoms with Crippen molar-refractivity contribution < 1.29 is 14.5 Å². The van der Waals surface area contributed by atoms with Crippen LogP contribution in [0.4, 0.5) is 0 Å². The van der Waals surface area contributed by atoms with Crippen LogP contribution in [0.5, 0.6) is 0 Å². The number of H-pyrrole nitrogens is 2. The molecule has 3 N–H and O–H groups in total. The molecule has 0 amide bonds. The first-order chi connectivity index (χ1) is 12.5. The van der Waals surface area contributed by atoms with Crippen LogP contribution in [0.3, 0.4) is 0 Å². The fraction of sp³-hybridized carbons (Fsp3) is 0.389. The molecule has 2 aromatic heterocycles. The summed E-state index contributed by atoms with van der Waals surface area (Å²) in [5.74, 6) is -0.780. The smallest absolute Gasteiger partial charge is 0.413 e. The standard InChI is InChI=1S/C18H20N4O4/c1-11-7-8-13-12(10-11)19-15-16(20-18(26)21-17(15)25)22(13)9-5-3-2-4-6-14(23)24/h7-8,10H,2-6,9H2,1H3,(H2,21,23,24,25,26)/p+1. The van der Waals surface area contributed by atoms with Crippen molar-refractivity contribution in [3.05, 3.63) is 44.6 Å². The number of hydrogen-bond acceptors (Lipinski definition) is 4. The second kappa shape index (κ2) is 7.47. The quantitative estimate of drug-likeness (QED) is 0.335. The maximum Gasteiger partial charge on any atom is 0.413 e. The number of aliphatic carboxylic acids is 1. The highest BCUT2D eigenvalue weighted by Crippen LogP contribution is 2.13. The number of unbranched alkanes of at least 4 members (excludes halogenated alkanes) is 3. The first-order valence-electron chi connectivity index (χ1n) is 8.64. The zero-order valence-corrected chi connectivity index (χ0v) is 14.5. The van der Waals surface area contributed by atoms with Crippen LogP contribution in [-0.4, -0.2) is 26.0 Å². The number of carboxylic acid groups (broad SMARTS) is 1. The number of aryl methyl sites for hydroxylation is 2. The van der Waals surface area contributed by atoms with E-state index in [0.29, 0.717) is 24.1 Å². The number of hydrogen-bond donors (Lipinski definition) is 3. The first kappa shape index (κ1) is 17.8. The van der Waals surface area contributed by atoms with Gasteiger partial charge in [0, 0.05) is 6.42 Å². The molecule has 0 spiro atoms. The van der Waals surface area contributed by atoms with Crippen LogP contribution in [0, 0.1) is 6.92 Å². The molecule has 8 nitrogen and oxygen atoms in total. The van der Waals surface area contributed by atoms with E-state index in [1.165, 1.54) is 0 Å². The molecule has 0 radical (unpaired) electrons. The third-order valence-corrected chi connectivity index (χ3v) is 4.34. The molecule has 2 heterocycles. The largest absolute Gasteiger partial charge is 0.481 e. The Morgan fingerprint density at radius 1 is 1.15 bits per heavy atom. The lowest BCUT2D eigenvalue weighted by Crippen LogP contribution is -2.40. The monoisotopic (exact) mass is 357 g/mol. The molecular weight excluding hydrogens is 336 g/mol. The topological polar surface area (TPSA) is 120 Å². The lowest BCUT2D eigenvalue weighted by atomic mass is 10.1. The van der Waals surface area contributed by atoms with E-state index in [2.05, 4.69) is 15.0 Å². The number of benzene rings is 1. The molecule has 0 saturated carbocycles. The van der Waals surface area contributed by atoms with Crippen molar-refractivity contribution in [2.75, 3.05) is 0 Å². The van der Waals surface area contributed by atoms with Crippen molar-refractivity contribution in [1.82, 2.24) is 15.0 Å². The van der Waals surface area contributed by atoms with Crippen LogP contribution in [0.15, 0.2) is 27.8 Å². The van der Waals surface area contributed by atoms with Gasteiger partial charge in [0.05, 0.1) is 6.54 Å². The van der Waals surface area contributed by atoms with Gasteiger partial charge in [-0.2, -0.15) is 4.98 Å². The van der Waals surface area contributed by atoms with Crippen molar-refractivity contribution in [3.63, 3.8) is 0 Å². The number of aromatic amines is 2. The van der Waals surface area contributed by atoms with Crippen LogP contribution >= 0.6 is 0 Å². The zero-order valence-electron chi connectivity index (χ0n) is 14.5. The number of aromatic nitrogens is 4. The van der Waals surface area contributed by atoms with Gasteiger partial charge in [0.2, 0.25) is 5.52 Å². The van der Waals surface area contributed by atoms with Crippen LogP contribution in [0.2, 0.25) is 0 Å². The molecule has 0 unspecified atom stereocenters. The normalized spacial score (nSPS) is 11.3. The number of carbonyl (C=O) groups is 1. The van der Waals surface area contributed by atoms with Crippen LogP contribution < -0.4 is 15.8 Å². The Morgan fingerprint density at radius 2 is 1.92 bits per heavy atom. The van der Waals surface area contributed by atoms with E-state index in [4.69, 9.17) is 5.11 Å². The molecule has 0 fully saturated rings. The van der Waals surface area contributed by atoms with E-state index in [0.717, 1.165) is 30.3 Å². The SMILES string of the molecule is Cc1ccc2c(c1)nc1c(=O)[nH]c(=O)[nH]c1[n+]2CCCCCCC(=O)O. The first-order valence-corrected chi connectivity index (χ1v) is 8.64. The highest BCUT2D eigenvalue weighted by molar-refractivity contribution is 5.79. The molecule has 3 aromatic rings. The number of rotatable bonds is 7. The Morgan fingerprint density at radius 3 is 2.69 bits per heavy atom. The van der Waals surface area contributed by atoms with Crippen molar-refractivity contribution in [2.45, 2.75) is 45.6 Å². The maximum absolute atomic E-state index is 12.2. The van der Waals surface area contributed by atoms with Crippen molar-refractivity contribution in [3.8, 4) is 0 Å². The molecule has 1 aromatic carbocycles. The second-order valence-corrected chi connectivity index (χ2v) is 6.42. The molecule has 3 rings (SSSR count). The summed E-state index contributed by atoms with van der Waals surface area (Å²) in [5.41, 5.74) is 2.10. The minimum absolute atomic E-state index is 0.177. The van der Waals surface area contributed by atoms with Gasteiger partial charge in [-0.25, -0.2) is 14.3 Å². The maximum atomic E-state index is 12.2. The summed E-state index contributed by atoms with van der Waals surface area (Å²) in [4.78, 5) is 43.7. The van der Waals surface area contributed by atoms with E-state index >= 15 is 0 Å². The Labute approximate surface area is 148 Å². The van der Waals surface area contributed by atoms with Gasteiger partial charge in [-0.1, -0.05) is 12.5 Å². The van der Waals surface area contributed by atoms with Crippen LogP contribution in [0.25, 0.3) is 22.2 Å².